The third-order valence-electron chi connectivity index (χ3n) is 3.58. The van der Waals surface area contributed by atoms with Crippen molar-refractivity contribution >= 4 is 23.2 Å². The molecule has 0 aliphatic carbocycles. The van der Waals surface area contributed by atoms with Gasteiger partial charge in [-0.25, -0.2) is 5.43 Å². The second-order valence-corrected chi connectivity index (χ2v) is 5.35. The molecular weight excluding hydrogens is 318 g/mol. The Hall–Kier alpha value is -3.15. The van der Waals surface area contributed by atoms with Crippen molar-refractivity contribution in [3.05, 3.63) is 59.7 Å². The van der Waals surface area contributed by atoms with E-state index in [1.165, 1.54) is 0 Å². The first-order valence-corrected chi connectivity index (χ1v) is 7.92. The summed E-state index contributed by atoms with van der Waals surface area (Å²) < 4.78 is 5.06. The van der Waals surface area contributed by atoms with Gasteiger partial charge in [0.15, 0.2) is 0 Å². The molecule has 0 saturated heterocycles. The number of amides is 2. The lowest BCUT2D eigenvalue weighted by Crippen LogP contribution is -2.19. The molecule has 2 amide bonds. The van der Waals surface area contributed by atoms with Crippen LogP contribution in [-0.4, -0.2) is 24.6 Å². The summed E-state index contributed by atoms with van der Waals surface area (Å²) in [7, 11) is 1.57. The van der Waals surface area contributed by atoms with Crippen molar-refractivity contribution in [2.75, 3.05) is 12.4 Å². The average Bonchev–Trinajstić information content (AvgIpc) is 2.66. The van der Waals surface area contributed by atoms with Gasteiger partial charge < -0.3 is 10.1 Å². The number of hydrogen-bond donors (Lipinski definition) is 2. The van der Waals surface area contributed by atoms with Crippen molar-refractivity contribution in [2.45, 2.75) is 20.3 Å². The summed E-state index contributed by atoms with van der Waals surface area (Å²) in [5, 5.41) is 6.90. The summed E-state index contributed by atoms with van der Waals surface area (Å²) in [6, 6.07) is 14.0. The van der Waals surface area contributed by atoms with Crippen LogP contribution in [0.5, 0.6) is 5.75 Å². The SMILES string of the molecule is CCC(=O)Nc1ccc(/C(C)=N/NC(=O)c2ccc(OC)cc2)cc1. The Labute approximate surface area is 146 Å². The molecule has 130 valence electrons. The van der Waals surface area contributed by atoms with Gasteiger partial charge in [0, 0.05) is 17.7 Å². The summed E-state index contributed by atoms with van der Waals surface area (Å²) in [5.41, 5.74) is 5.27. The molecule has 0 radical (unpaired) electrons. The van der Waals surface area contributed by atoms with Crippen molar-refractivity contribution in [3.63, 3.8) is 0 Å². The second kappa shape index (κ2) is 8.63. The van der Waals surface area contributed by atoms with Gasteiger partial charge in [-0.1, -0.05) is 19.1 Å². The van der Waals surface area contributed by atoms with Gasteiger partial charge in [0.1, 0.15) is 5.75 Å². The number of ether oxygens (including phenoxy) is 1. The van der Waals surface area contributed by atoms with Gasteiger partial charge in [0.2, 0.25) is 5.91 Å². The number of rotatable bonds is 6. The summed E-state index contributed by atoms with van der Waals surface area (Å²) in [4.78, 5) is 23.4. The van der Waals surface area contributed by atoms with E-state index in [0.29, 0.717) is 23.4 Å². The highest BCUT2D eigenvalue weighted by Crippen LogP contribution is 2.12. The lowest BCUT2D eigenvalue weighted by Gasteiger charge is -2.06. The number of hydrogen-bond acceptors (Lipinski definition) is 4. The third-order valence-corrected chi connectivity index (χ3v) is 3.58. The van der Waals surface area contributed by atoms with Gasteiger partial charge in [-0.05, 0) is 48.9 Å². The van der Waals surface area contributed by atoms with Crippen molar-refractivity contribution in [1.29, 1.82) is 0 Å². The number of nitrogens with zero attached hydrogens (tertiary/aromatic N) is 1. The van der Waals surface area contributed by atoms with Crippen LogP contribution < -0.4 is 15.5 Å². The molecule has 0 unspecified atom stereocenters. The highest BCUT2D eigenvalue weighted by molar-refractivity contribution is 6.01. The molecule has 0 bridgehead atoms. The first kappa shape index (κ1) is 18.2. The molecule has 0 atom stereocenters. The molecule has 0 aliphatic rings. The molecule has 0 saturated carbocycles. The van der Waals surface area contributed by atoms with Gasteiger partial charge in [0.25, 0.3) is 5.91 Å². The van der Waals surface area contributed by atoms with E-state index < -0.39 is 0 Å². The first-order valence-electron chi connectivity index (χ1n) is 7.92. The maximum absolute atomic E-state index is 12.1. The molecule has 2 aromatic carbocycles. The highest BCUT2D eigenvalue weighted by atomic mass is 16.5. The number of carbonyl (C=O) groups excluding carboxylic acids is 2. The van der Waals surface area contributed by atoms with Crippen LogP contribution in [-0.2, 0) is 4.79 Å². The molecule has 2 rings (SSSR count). The maximum Gasteiger partial charge on any atom is 0.271 e. The molecule has 6 nitrogen and oxygen atoms in total. The normalized spacial score (nSPS) is 10.9. The van der Waals surface area contributed by atoms with Crippen molar-refractivity contribution < 1.29 is 14.3 Å². The molecule has 0 aromatic heterocycles. The monoisotopic (exact) mass is 339 g/mol. The van der Waals surface area contributed by atoms with Crippen LogP contribution in [0.4, 0.5) is 5.69 Å². The fourth-order valence-electron chi connectivity index (χ4n) is 2.05. The van der Waals surface area contributed by atoms with Crippen LogP contribution in [0, 0.1) is 0 Å². The predicted octanol–water partition coefficient (Wildman–Crippen LogP) is 3.20. The Morgan fingerprint density at radius 1 is 1.00 bits per heavy atom. The van der Waals surface area contributed by atoms with E-state index in [4.69, 9.17) is 4.74 Å². The highest BCUT2D eigenvalue weighted by Gasteiger charge is 2.06. The number of anilines is 1. The molecule has 2 N–H and O–H groups in total. The maximum atomic E-state index is 12.1. The summed E-state index contributed by atoms with van der Waals surface area (Å²) in [5.74, 6) is 0.352. The predicted molar refractivity (Wildman–Crippen MR) is 98.0 cm³/mol. The zero-order valence-corrected chi connectivity index (χ0v) is 14.5. The minimum absolute atomic E-state index is 0.0371. The van der Waals surface area contributed by atoms with E-state index in [9.17, 15) is 9.59 Å². The second-order valence-electron chi connectivity index (χ2n) is 5.35. The van der Waals surface area contributed by atoms with E-state index in [1.807, 2.05) is 12.1 Å². The number of benzene rings is 2. The van der Waals surface area contributed by atoms with Crippen molar-refractivity contribution in [1.82, 2.24) is 5.43 Å². The third kappa shape index (κ3) is 5.17. The van der Waals surface area contributed by atoms with Crippen LogP contribution in [0.15, 0.2) is 53.6 Å². The van der Waals surface area contributed by atoms with Crippen LogP contribution in [0.1, 0.15) is 36.2 Å². The van der Waals surface area contributed by atoms with Crippen molar-refractivity contribution in [2.24, 2.45) is 5.10 Å². The van der Waals surface area contributed by atoms with E-state index >= 15 is 0 Å². The number of nitrogens with one attached hydrogen (secondary N) is 2. The molecule has 25 heavy (non-hydrogen) atoms. The van der Waals surface area contributed by atoms with Gasteiger partial charge in [0.05, 0.1) is 12.8 Å². The van der Waals surface area contributed by atoms with Gasteiger partial charge in [-0.3, -0.25) is 9.59 Å². The average molecular weight is 339 g/mol. The molecule has 0 fully saturated rings. The Morgan fingerprint density at radius 3 is 2.16 bits per heavy atom. The van der Waals surface area contributed by atoms with Crippen molar-refractivity contribution in [3.8, 4) is 5.75 Å². The van der Waals surface area contributed by atoms with E-state index in [2.05, 4.69) is 15.8 Å². The Morgan fingerprint density at radius 2 is 1.60 bits per heavy atom. The fourth-order valence-corrected chi connectivity index (χ4v) is 2.05. The topological polar surface area (TPSA) is 79.8 Å². The molecule has 2 aromatic rings. The Balaban J connectivity index is 2.00. The zero-order valence-electron chi connectivity index (χ0n) is 14.5. The van der Waals surface area contributed by atoms with Crippen LogP contribution in [0.3, 0.4) is 0 Å². The largest absolute Gasteiger partial charge is 0.497 e. The number of hydrazone groups is 1. The minimum atomic E-state index is -0.297. The molecule has 6 heteroatoms. The molecule has 0 spiro atoms. The fraction of sp³-hybridized carbons (Fsp3) is 0.211. The minimum Gasteiger partial charge on any atom is -0.497 e. The standard InChI is InChI=1S/C19H21N3O3/c1-4-18(23)20-16-9-5-14(6-10-16)13(2)21-22-19(24)15-7-11-17(25-3)12-8-15/h5-12H,4H2,1-3H3,(H,20,23)(H,22,24)/b21-13+. The van der Waals surface area contributed by atoms with Gasteiger partial charge in [-0.2, -0.15) is 5.10 Å². The van der Waals surface area contributed by atoms with Crippen LogP contribution >= 0.6 is 0 Å². The zero-order chi connectivity index (χ0) is 18.2. The van der Waals surface area contributed by atoms with Crippen LogP contribution in [0.2, 0.25) is 0 Å². The molecular formula is C19H21N3O3. The van der Waals surface area contributed by atoms with Gasteiger partial charge >= 0.3 is 0 Å². The smallest absolute Gasteiger partial charge is 0.271 e. The summed E-state index contributed by atoms with van der Waals surface area (Å²) >= 11 is 0. The Kier molecular flexibility index (Phi) is 6.28. The summed E-state index contributed by atoms with van der Waals surface area (Å²) in [6.45, 7) is 3.60. The summed E-state index contributed by atoms with van der Waals surface area (Å²) in [6.07, 6.45) is 0.430. The lowest BCUT2D eigenvalue weighted by atomic mass is 10.1. The quantitative estimate of drug-likeness (QED) is 0.626. The number of carbonyl (C=O) groups is 2. The first-order chi connectivity index (χ1) is 12.0. The van der Waals surface area contributed by atoms with Gasteiger partial charge in [-0.15, -0.1) is 0 Å². The molecule has 0 heterocycles. The van der Waals surface area contributed by atoms with Crippen LogP contribution in [0.25, 0.3) is 0 Å². The van der Waals surface area contributed by atoms with E-state index in [0.717, 1.165) is 11.3 Å². The lowest BCUT2D eigenvalue weighted by molar-refractivity contribution is -0.115. The number of methoxy groups -OCH3 is 1. The Bertz CT molecular complexity index is 766. The van der Waals surface area contributed by atoms with E-state index in [1.54, 1.807) is 57.4 Å². The molecule has 0 aliphatic heterocycles. The van der Waals surface area contributed by atoms with E-state index in [-0.39, 0.29) is 11.8 Å².